The maximum absolute atomic E-state index is 2.53. The Bertz CT molecular complexity index is 964. The lowest BCUT2D eigenvalue weighted by atomic mass is 9.66. The smallest absolute Gasteiger partial charge is 0.0158 e. The van der Waals surface area contributed by atoms with Gasteiger partial charge in [-0.05, 0) is 64.3 Å². The molecule has 2 aromatic carbocycles. The molecule has 2 aliphatic rings. The Morgan fingerprint density at radius 2 is 1.59 bits per heavy atom. The van der Waals surface area contributed by atoms with Crippen LogP contribution in [-0.4, -0.2) is 0 Å². The van der Waals surface area contributed by atoms with Gasteiger partial charge in [0.2, 0.25) is 0 Å². The molecule has 0 nitrogen and oxygen atoms in total. The molecule has 0 spiro atoms. The number of benzene rings is 2. The Balaban J connectivity index is 1.95. The average Bonchev–Trinajstić information content (AvgIpc) is 2.86. The lowest BCUT2D eigenvalue weighted by Gasteiger charge is -2.38. The molecule has 0 bridgehead atoms. The fourth-order valence-electron chi connectivity index (χ4n) is 5.49. The molecule has 0 radical (unpaired) electrons. The summed E-state index contributed by atoms with van der Waals surface area (Å²) in [7, 11) is 0. The van der Waals surface area contributed by atoms with E-state index in [1.165, 1.54) is 39.0 Å². The zero-order valence-electron chi connectivity index (χ0n) is 17.7. The van der Waals surface area contributed by atoms with Crippen LogP contribution in [0.4, 0.5) is 0 Å². The molecular formula is C27H32. The summed E-state index contributed by atoms with van der Waals surface area (Å²) in [5.74, 6) is 0. The van der Waals surface area contributed by atoms with Crippen molar-refractivity contribution in [3.8, 4) is 11.1 Å². The molecule has 0 heteroatoms. The third-order valence-corrected chi connectivity index (χ3v) is 6.91. The molecule has 0 fully saturated rings. The predicted molar refractivity (Wildman–Crippen MR) is 117 cm³/mol. The summed E-state index contributed by atoms with van der Waals surface area (Å²) in [6.07, 6.45) is 7.99. The maximum Gasteiger partial charge on any atom is 0.0158 e. The third kappa shape index (κ3) is 2.57. The Labute approximate surface area is 165 Å². The molecule has 27 heavy (non-hydrogen) atoms. The quantitative estimate of drug-likeness (QED) is 0.534. The zero-order chi connectivity index (χ0) is 19.4. The minimum Gasteiger partial charge on any atom is -0.0845 e. The van der Waals surface area contributed by atoms with Crippen molar-refractivity contribution in [2.75, 3.05) is 0 Å². The second-order valence-corrected chi connectivity index (χ2v) is 9.20. The van der Waals surface area contributed by atoms with Crippen LogP contribution in [0, 0.1) is 0 Å². The summed E-state index contributed by atoms with van der Waals surface area (Å²) in [5, 5.41) is 0. The summed E-state index contributed by atoms with van der Waals surface area (Å²) in [6.45, 7) is 14.1. The van der Waals surface area contributed by atoms with Gasteiger partial charge >= 0.3 is 0 Å². The van der Waals surface area contributed by atoms with Crippen molar-refractivity contribution >= 4 is 0 Å². The van der Waals surface area contributed by atoms with Crippen molar-refractivity contribution in [1.29, 1.82) is 0 Å². The molecule has 0 aliphatic heterocycles. The summed E-state index contributed by atoms with van der Waals surface area (Å²) in [5.41, 5.74) is 12.2. The Kier molecular flexibility index (Phi) is 4.22. The van der Waals surface area contributed by atoms with Gasteiger partial charge in [-0.15, -0.1) is 0 Å². The molecule has 2 aliphatic carbocycles. The SMILES string of the molecule is CC/C=C\C1=C(CC)C(C)(C)c2cc3c(cc2C1)C(C)(C)c1ccccc1-3. The van der Waals surface area contributed by atoms with Crippen molar-refractivity contribution in [3.05, 3.63) is 82.0 Å². The molecule has 0 aromatic heterocycles. The van der Waals surface area contributed by atoms with Gasteiger partial charge in [-0.2, -0.15) is 0 Å². The molecule has 0 heterocycles. The lowest BCUT2D eigenvalue weighted by Crippen LogP contribution is -2.28. The minimum atomic E-state index is 0.0826. The summed E-state index contributed by atoms with van der Waals surface area (Å²) >= 11 is 0. The average molecular weight is 357 g/mol. The molecular weight excluding hydrogens is 324 g/mol. The van der Waals surface area contributed by atoms with E-state index in [2.05, 4.69) is 90.1 Å². The fraction of sp³-hybridized carbons (Fsp3) is 0.407. The zero-order valence-corrected chi connectivity index (χ0v) is 17.7. The fourth-order valence-corrected chi connectivity index (χ4v) is 5.49. The number of rotatable bonds is 3. The highest BCUT2D eigenvalue weighted by molar-refractivity contribution is 5.82. The van der Waals surface area contributed by atoms with Crippen LogP contribution in [0.5, 0.6) is 0 Å². The first-order valence-electron chi connectivity index (χ1n) is 10.5. The van der Waals surface area contributed by atoms with Crippen LogP contribution in [0.2, 0.25) is 0 Å². The van der Waals surface area contributed by atoms with E-state index >= 15 is 0 Å². The maximum atomic E-state index is 2.53. The van der Waals surface area contributed by atoms with Crippen LogP contribution < -0.4 is 0 Å². The van der Waals surface area contributed by atoms with Gasteiger partial charge < -0.3 is 0 Å². The second kappa shape index (κ2) is 6.23. The Morgan fingerprint density at radius 1 is 0.852 bits per heavy atom. The summed E-state index contributed by atoms with van der Waals surface area (Å²) in [6, 6.07) is 14.0. The van der Waals surface area contributed by atoms with E-state index in [4.69, 9.17) is 0 Å². The molecule has 0 amide bonds. The number of fused-ring (bicyclic) bond motifs is 4. The van der Waals surface area contributed by atoms with Crippen LogP contribution in [0.15, 0.2) is 59.7 Å². The van der Waals surface area contributed by atoms with Gasteiger partial charge in [0.05, 0.1) is 0 Å². The Hall–Kier alpha value is -2.08. The normalized spacial score (nSPS) is 19.2. The number of hydrogen-bond acceptors (Lipinski definition) is 0. The molecule has 0 saturated heterocycles. The van der Waals surface area contributed by atoms with Crippen LogP contribution in [0.25, 0.3) is 11.1 Å². The van der Waals surface area contributed by atoms with Crippen molar-refractivity contribution in [2.45, 2.75) is 71.6 Å². The highest BCUT2D eigenvalue weighted by Crippen LogP contribution is 2.52. The highest BCUT2D eigenvalue weighted by atomic mass is 14.4. The first-order valence-corrected chi connectivity index (χ1v) is 10.5. The van der Waals surface area contributed by atoms with Gasteiger partial charge in [0, 0.05) is 10.8 Å². The van der Waals surface area contributed by atoms with Crippen LogP contribution in [0.3, 0.4) is 0 Å². The van der Waals surface area contributed by atoms with Gasteiger partial charge in [-0.3, -0.25) is 0 Å². The third-order valence-electron chi connectivity index (χ3n) is 6.91. The van der Waals surface area contributed by atoms with Crippen molar-refractivity contribution < 1.29 is 0 Å². The van der Waals surface area contributed by atoms with Gasteiger partial charge in [-0.1, -0.05) is 89.6 Å². The predicted octanol–water partition coefficient (Wildman–Crippen LogP) is 7.50. The number of allylic oxidation sites excluding steroid dienone is 4. The van der Waals surface area contributed by atoms with Gasteiger partial charge in [0.15, 0.2) is 0 Å². The monoisotopic (exact) mass is 356 g/mol. The second-order valence-electron chi connectivity index (χ2n) is 9.20. The van der Waals surface area contributed by atoms with Crippen LogP contribution in [0.1, 0.15) is 76.6 Å². The minimum absolute atomic E-state index is 0.0826. The van der Waals surface area contributed by atoms with E-state index in [-0.39, 0.29) is 10.8 Å². The van der Waals surface area contributed by atoms with Gasteiger partial charge in [-0.25, -0.2) is 0 Å². The van der Waals surface area contributed by atoms with E-state index < -0.39 is 0 Å². The lowest BCUT2D eigenvalue weighted by molar-refractivity contribution is 0.572. The van der Waals surface area contributed by atoms with Gasteiger partial charge in [0.25, 0.3) is 0 Å². The van der Waals surface area contributed by atoms with E-state index in [0.29, 0.717) is 0 Å². The van der Waals surface area contributed by atoms with E-state index in [0.717, 1.165) is 19.3 Å². The molecule has 2 aromatic rings. The summed E-state index contributed by atoms with van der Waals surface area (Å²) < 4.78 is 0. The molecule has 4 rings (SSSR count). The largest absolute Gasteiger partial charge is 0.0845 e. The van der Waals surface area contributed by atoms with Crippen LogP contribution in [-0.2, 0) is 17.3 Å². The van der Waals surface area contributed by atoms with E-state index in [1.807, 2.05) is 0 Å². The molecule has 0 N–H and O–H groups in total. The molecule has 0 atom stereocenters. The number of hydrogen-bond donors (Lipinski definition) is 0. The highest BCUT2D eigenvalue weighted by Gasteiger charge is 2.39. The van der Waals surface area contributed by atoms with E-state index in [1.54, 1.807) is 5.57 Å². The van der Waals surface area contributed by atoms with E-state index in [9.17, 15) is 0 Å². The summed E-state index contributed by atoms with van der Waals surface area (Å²) in [4.78, 5) is 0. The van der Waals surface area contributed by atoms with Crippen LogP contribution >= 0.6 is 0 Å². The molecule has 0 unspecified atom stereocenters. The molecule has 140 valence electrons. The van der Waals surface area contributed by atoms with Crippen molar-refractivity contribution in [2.24, 2.45) is 0 Å². The van der Waals surface area contributed by atoms with Crippen molar-refractivity contribution in [1.82, 2.24) is 0 Å². The topological polar surface area (TPSA) is 0 Å². The van der Waals surface area contributed by atoms with Crippen molar-refractivity contribution in [3.63, 3.8) is 0 Å². The molecule has 0 saturated carbocycles. The Morgan fingerprint density at radius 3 is 2.30 bits per heavy atom. The van der Waals surface area contributed by atoms with Gasteiger partial charge in [0.1, 0.15) is 0 Å². The first kappa shape index (κ1) is 18.3. The first-order chi connectivity index (χ1) is 12.8. The standard InChI is InChI=1S/C27H32/c1-7-9-12-18-15-19-16-25-21(17-24(19)26(3,4)22(18)8-2)20-13-10-11-14-23(20)27(25,5)6/h9-14,16-17H,7-8,15H2,1-6H3/b12-9-.